The van der Waals surface area contributed by atoms with E-state index >= 15 is 0 Å². The number of carbonyl (C=O) groups is 2. The number of carbonyl (C=O) groups excluding carboxylic acids is 2. The molecule has 1 unspecified atom stereocenters. The number of hydrogen-bond donors (Lipinski definition) is 0. The van der Waals surface area contributed by atoms with Gasteiger partial charge in [0.25, 0.3) is 0 Å². The second-order valence-corrected chi connectivity index (χ2v) is 6.01. The first kappa shape index (κ1) is 14.7. The average molecular weight is 291 g/mol. The summed E-state index contributed by atoms with van der Waals surface area (Å²) in [5, 5.41) is 0.0884. The molecule has 0 aromatic heterocycles. The Kier molecular flexibility index (Phi) is 4.84. The van der Waals surface area contributed by atoms with Gasteiger partial charge in [-0.05, 0) is 12.1 Å². The summed E-state index contributed by atoms with van der Waals surface area (Å²) in [6, 6.07) is 7.41. The van der Waals surface area contributed by atoms with Gasteiger partial charge in [-0.15, -0.1) is 0 Å². The van der Waals surface area contributed by atoms with Gasteiger partial charge in [-0.3, -0.25) is 9.59 Å². The third kappa shape index (κ3) is 3.63. The maximum Gasteiger partial charge on any atom is 0.228 e. The number of amides is 1. The van der Waals surface area contributed by atoms with E-state index in [1.807, 2.05) is 24.3 Å². The Balaban J connectivity index is 2.09. The number of thioether (sulfide) groups is 1. The number of hydrogen-bond acceptors (Lipinski definition) is 4. The van der Waals surface area contributed by atoms with Crippen LogP contribution in [0.15, 0.2) is 36.9 Å². The lowest BCUT2D eigenvalue weighted by Crippen LogP contribution is -2.24. The third-order valence-corrected chi connectivity index (χ3v) is 3.90. The molecule has 0 radical (unpaired) electrons. The molecule has 1 atom stereocenters. The van der Waals surface area contributed by atoms with Crippen LogP contribution in [-0.2, 0) is 9.59 Å². The Morgan fingerprint density at radius 1 is 1.60 bits per heavy atom. The Labute approximate surface area is 122 Å². The largest absolute Gasteiger partial charge is 0.489 e. The zero-order valence-electron chi connectivity index (χ0n) is 11.4. The van der Waals surface area contributed by atoms with Crippen molar-refractivity contribution in [3.05, 3.63) is 36.9 Å². The van der Waals surface area contributed by atoms with Crippen molar-refractivity contribution in [1.82, 2.24) is 0 Å². The van der Waals surface area contributed by atoms with Gasteiger partial charge in [0.1, 0.15) is 12.4 Å². The Morgan fingerprint density at radius 3 is 3.10 bits per heavy atom. The van der Waals surface area contributed by atoms with Gasteiger partial charge in [0, 0.05) is 36.9 Å². The average Bonchev–Trinajstić information content (AvgIpc) is 2.76. The summed E-state index contributed by atoms with van der Waals surface area (Å²) >= 11 is 1.24. The van der Waals surface area contributed by atoms with Crippen LogP contribution in [0.2, 0.25) is 0 Å². The smallest absolute Gasteiger partial charge is 0.228 e. The molecule has 1 saturated heterocycles. The van der Waals surface area contributed by atoms with E-state index in [2.05, 4.69) is 6.58 Å². The van der Waals surface area contributed by atoms with Crippen molar-refractivity contribution in [1.29, 1.82) is 0 Å². The van der Waals surface area contributed by atoms with E-state index in [9.17, 15) is 9.59 Å². The van der Waals surface area contributed by atoms with Crippen LogP contribution >= 0.6 is 11.8 Å². The molecular weight excluding hydrogens is 274 g/mol. The fraction of sp³-hybridized carbons (Fsp3) is 0.333. The number of nitrogens with zero attached hydrogens (tertiary/aromatic N) is 1. The minimum absolute atomic E-state index is 0.0396. The van der Waals surface area contributed by atoms with Crippen molar-refractivity contribution >= 4 is 28.5 Å². The summed E-state index contributed by atoms with van der Waals surface area (Å²) in [7, 11) is 0. The van der Waals surface area contributed by atoms with Crippen LogP contribution in [0.25, 0.3) is 0 Å². The van der Waals surface area contributed by atoms with Gasteiger partial charge in [-0.1, -0.05) is 30.5 Å². The topological polar surface area (TPSA) is 46.6 Å². The summed E-state index contributed by atoms with van der Waals surface area (Å²) in [6.45, 7) is 6.12. The monoisotopic (exact) mass is 291 g/mol. The molecule has 1 amide bonds. The molecule has 1 aromatic carbocycles. The quantitative estimate of drug-likeness (QED) is 0.782. The van der Waals surface area contributed by atoms with Gasteiger partial charge in [0.05, 0.1) is 0 Å². The number of benzene rings is 1. The maximum atomic E-state index is 12.0. The van der Waals surface area contributed by atoms with Crippen molar-refractivity contribution in [2.75, 3.05) is 18.1 Å². The lowest BCUT2D eigenvalue weighted by atomic mass is 10.3. The van der Waals surface area contributed by atoms with Crippen LogP contribution < -0.4 is 9.64 Å². The second-order valence-electron chi connectivity index (χ2n) is 4.54. The predicted octanol–water partition coefficient (Wildman–Crippen LogP) is 2.64. The highest BCUT2D eigenvalue weighted by Crippen LogP contribution is 2.30. The Morgan fingerprint density at radius 2 is 2.40 bits per heavy atom. The van der Waals surface area contributed by atoms with E-state index in [4.69, 9.17) is 4.74 Å². The van der Waals surface area contributed by atoms with Gasteiger partial charge >= 0.3 is 0 Å². The van der Waals surface area contributed by atoms with E-state index < -0.39 is 0 Å². The molecule has 1 aromatic rings. The van der Waals surface area contributed by atoms with Crippen LogP contribution in [0, 0.1) is 0 Å². The highest BCUT2D eigenvalue weighted by molar-refractivity contribution is 8.14. The van der Waals surface area contributed by atoms with Crippen LogP contribution in [-0.4, -0.2) is 29.4 Å². The van der Waals surface area contributed by atoms with Gasteiger partial charge in [-0.25, -0.2) is 0 Å². The van der Waals surface area contributed by atoms with E-state index in [1.54, 1.807) is 11.0 Å². The molecule has 0 aliphatic carbocycles. The standard InChI is InChI=1S/C15H17NO3S/c1-3-7-19-13-6-4-5-12(8-13)16-10-14(9-15(16)18)20-11(2)17/h3-6,8,14H,1,7,9-10H2,2H3. The fourth-order valence-electron chi connectivity index (χ4n) is 2.13. The molecular formula is C15H17NO3S. The number of anilines is 1. The summed E-state index contributed by atoms with van der Waals surface area (Å²) in [4.78, 5) is 24.9. The third-order valence-electron chi connectivity index (χ3n) is 2.92. The molecule has 1 heterocycles. The summed E-state index contributed by atoms with van der Waals surface area (Å²) < 4.78 is 5.47. The lowest BCUT2D eigenvalue weighted by Gasteiger charge is -2.17. The predicted molar refractivity (Wildman–Crippen MR) is 81.2 cm³/mol. The van der Waals surface area contributed by atoms with Gasteiger partial charge in [0.15, 0.2) is 5.12 Å². The first-order valence-corrected chi connectivity index (χ1v) is 7.29. The zero-order valence-corrected chi connectivity index (χ0v) is 12.2. The Hall–Kier alpha value is -1.75. The molecule has 0 saturated carbocycles. The molecule has 0 bridgehead atoms. The highest BCUT2D eigenvalue weighted by atomic mass is 32.2. The van der Waals surface area contributed by atoms with E-state index in [0.717, 1.165) is 5.69 Å². The van der Waals surface area contributed by atoms with Crippen LogP contribution in [0.5, 0.6) is 5.75 Å². The van der Waals surface area contributed by atoms with E-state index in [-0.39, 0.29) is 16.3 Å². The minimum atomic E-state index is 0.0396. The first-order valence-electron chi connectivity index (χ1n) is 6.41. The molecule has 0 N–H and O–H groups in total. The molecule has 5 heteroatoms. The summed E-state index contributed by atoms with van der Waals surface area (Å²) in [6.07, 6.45) is 2.08. The van der Waals surface area contributed by atoms with Crippen molar-refractivity contribution < 1.29 is 14.3 Å². The fourth-order valence-corrected chi connectivity index (χ4v) is 3.05. The molecule has 4 nitrogen and oxygen atoms in total. The molecule has 0 spiro atoms. The van der Waals surface area contributed by atoms with Crippen molar-refractivity contribution in [3.63, 3.8) is 0 Å². The molecule has 1 aliphatic heterocycles. The van der Waals surface area contributed by atoms with Crippen molar-refractivity contribution in [2.24, 2.45) is 0 Å². The number of ether oxygens (including phenoxy) is 1. The molecule has 2 rings (SSSR count). The van der Waals surface area contributed by atoms with Crippen LogP contribution in [0.1, 0.15) is 13.3 Å². The summed E-state index contributed by atoms with van der Waals surface area (Å²) in [5.74, 6) is 0.752. The molecule has 1 fully saturated rings. The van der Waals surface area contributed by atoms with Gasteiger partial charge in [-0.2, -0.15) is 0 Å². The zero-order chi connectivity index (χ0) is 14.5. The van der Waals surface area contributed by atoms with Crippen molar-refractivity contribution in [3.8, 4) is 5.75 Å². The van der Waals surface area contributed by atoms with Gasteiger partial charge < -0.3 is 9.64 Å². The molecule has 1 aliphatic rings. The lowest BCUT2D eigenvalue weighted by molar-refractivity contribution is -0.117. The SMILES string of the molecule is C=CCOc1cccc(N2CC(SC(C)=O)CC2=O)c1. The summed E-state index contributed by atoms with van der Waals surface area (Å²) in [5.41, 5.74) is 0.809. The number of rotatable bonds is 5. The first-order chi connectivity index (χ1) is 9.60. The van der Waals surface area contributed by atoms with Crippen molar-refractivity contribution in [2.45, 2.75) is 18.6 Å². The second kappa shape index (κ2) is 6.61. The normalized spacial score (nSPS) is 18.1. The van der Waals surface area contributed by atoms with Crippen LogP contribution in [0.3, 0.4) is 0 Å². The molecule has 106 valence electrons. The molecule has 20 heavy (non-hydrogen) atoms. The van der Waals surface area contributed by atoms with E-state index in [1.165, 1.54) is 18.7 Å². The highest BCUT2D eigenvalue weighted by Gasteiger charge is 2.31. The Bertz CT molecular complexity index is 530. The maximum absolute atomic E-state index is 12.0. The van der Waals surface area contributed by atoms with Gasteiger partial charge in [0.2, 0.25) is 5.91 Å². The van der Waals surface area contributed by atoms with Crippen LogP contribution in [0.4, 0.5) is 5.69 Å². The minimum Gasteiger partial charge on any atom is -0.489 e. The van der Waals surface area contributed by atoms with E-state index in [0.29, 0.717) is 25.3 Å².